The number of alkyl halides is 2. The van der Waals surface area contributed by atoms with Crippen LogP contribution in [0.4, 0.5) is 8.78 Å². The fourth-order valence-electron chi connectivity index (χ4n) is 2.73. The Balaban J connectivity index is 1.62. The number of carbonyl (C=O) groups excluding carboxylic acids is 1. The van der Waals surface area contributed by atoms with Gasteiger partial charge in [-0.1, -0.05) is 17.7 Å². The molecule has 1 amide bonds. The van der Waals surface area contributed by atoms with Gasteiger partial charge in [-0.3, -0.25) is 4.79 Å². The van der Waals surface area contributed by atoms with Gasteiger partial charge in [-0.15, -0.1) is 0 Å². The summed E-state index contributed by atoms with van der Waals surface area (Å²) in [7, 11) is 1.37. The zero-order valence-corrected chi connectivity index (χ0v) is 15.7. The molecule has 0 atom stereocenters. The van der Waals surface area contributed by atoms with Crippen LogP contribution in [0.1, 0.15) is 15.9 Å². The number of methoxy groups -OCH3 is 1. The normalized spacial score (nSPS) is 12.6. The first kappa shape index (κ1) is 20.0. The summed E-state index contributed by atoms with van der Waals surface area (Å²) in [6.07, 6.45) is 0.410. The summed E-state index contributed by atoms with van der Waals surface area (Å²) in [6.45, 7) is -1.89. The van der Waals surface area contributed by atoms with Crippen molar-refractivity contribution >= 4 is 17.5 Å². The van der Waals surface area contributed by atoms with Gasteiger partial charge in [-0.25, -0.2) is 0 Å². The van der Waals surface area contributed by atoms with Crippen molar-refractivity contribution in [2.75, 3.05) is 26.9 Å². The maximum Gasteiger partial charge on any atom is 0.387 e. The van der Waals surface area contributed by atoms with Gasteiger partial charge >= 0.3 is 6.61 Å². The molecule has 0 spiro atoms. The van der Waals surface area contributed by atoms with Gasteiger partial charge in [0.05, 0.1) is 12.1 Å². The van der Waals surface area contributed by atoms with Crippen LogP contribution in [0.15, 0.2) is 30.3 Å². The van der Waals surface area contributed by atoms with Gasteiger partial charge in [0, 0.05) is 12.1 Å². The molecule has 0 aromatic heterocycles. The molecule has 3 rings (SSSR count). The number of hydrogen-bond donors (Lipinski definition) is 1. The summed E-state index contributed by atoms with van der Waals surface area (Å²) in [5.74, 6) is 0.664. The minimum Gasteiger partial charge on any atom is -0.493 e. The Morgan fingerprint density at radius 2 is 2.00 bits per heavy atom. The van der Waals surface area contributed by atoms with Crippen molar-refractivity contribution in [3.63, 3.8) is 0 Å². The molecule has 0 aliphatic carbocycles. The van der Waals surface area contributed by atoms with Crippen LogP contribution in [0.3, 0.4) is 0 Å². The lowest BCUT2D eigenvalue weighted by molar-refractivity contribution is -0.0512. The first-order valence-electron chi connectivity index (χ1n) is 8.47. The number of benzene rings is 2. The molecule has 2 aromatic carbocycles. The lowest BCUT2D eigenvalue weighted by Crippen LogP contribution is -2.26. The molecular weight excluding hydrogens is 396 g/mol. The molecule has 9 heteroatoms. The Morgan fingerprint density at radius 1 is 1.21 bits per heavy atom. The smallest absolute Gasteiger partial charge is 0.387 e. The third-order valence-corrected chi connectivity index (χ3v) is 4.28. The van der Waals surface area contributed by atoms with E-state index in [0.717, 1.165) is 0 Å². The Hall–Kier alpha value is -2.74. The summed E-state index contributed by atoms with van der Waals surface area (Å²) in [4.78, 5) is 12.4. The van der Waals surface area contributed by atoms with Crippen LogP contribution in [0.5, 0.6) is 23.0 Å². The van der Waals surface area contributed by atoms with E-state index < -0.39 is 6.61 Å². The number of rotatable bonds is 7. The minimum atomic E-state index is -2.95. The molecule has 1 N–H and O–H groups in total. The maximum atomic E-state index is 12.5. The molecule has 0 bridgehead atoms. The number of nitrogens with one attached hydrogen (secondary N) is 1. The van der Waals surface area contributed by atoms with Crippen molar-refractivity contribution in [1.82, 2.24) is 5.32 Å². The lowest BCUT2D eigenvalue weighted by atomic mass is 10.1. The number of ether oxygens (including phenoxy) is 4. The third kappa shape index (κ3) is 4.75. The van der Waals surface area contributed by atoms with Gasteiger partial charge in [-0.05, 0) is 36.2 Å². The Morgan fingerprint density at radius 3 is 2.75 bits per heavy atom. The van der Waals surface area contributed by atoms with Gasteiger partial charge in [0.25, 0.3) is 5.91 Å². The average molecular weight is 414 g/mol. The first-order chi connectivity index (χ1) is 13.5. The molecule has 150 valence electrons. The van der Waals surface area contributed by atoms with Crippen LogP contribution >= 0.6 is 11.6 Å². The van der Waals surface area contributed by atoms with Crippen LogP contribution < -0.4 is 24.3 Å². The highest BCUT2D eigenvalue weighted by Gasteiger charge is 2.19. The Labute approximate surface area is 165 Å². The molecule has 1 heterocycles. The molecule has 6 nitrogen and oxygen atoms in total. The van der Waals surface area contributed by atoms with E-state index in [1.807, 2.05) is 0 Å². The largest absolute Gasteiger partial charge is 0.493 e. The van der Waals surface area contributed by atoms with Crippen molar-refractivity contribution < 1.29 is 32.5 Å². The van der Waals surface area contributed by atoms with Crippen molar-refractivity contribution in [2.45, 2.75) is 13.0 Å². The van der Waals surface area contributed by atoms with Crippen molar-refractivity contribution in [3.05, 3.63) is 46.5 Å². The number of fused-ring (bicyclic) bond motifs is 1. The second-order valence-electron chi connectivity index (χ2n) is 5.85. The molecule has 0 fully saturated rings. The molecule has 0 unspecified atom stereocenters. The van der Waals surface area contributed by atoms with E-state index in [1.54, 1.807) is 12.1 Å². The summed E-state index contributed by atoms with van der Waals surface area (Å²) in [5.41, 5.74) is 1.04. The number of halogens is 3. The fraction of sp³-hybridized carbons (Fsp3) is 0.316. The van der Waals surface area contributed by atoms with E-state index in [9.17, 15) is 13.6 Å². The second-order valence-corrected chi connectivity index (χ2v) is 6.26. The van der Waals surface area contributed by atoms with Crippen LogP contribution in [0, 0.1) is 0 Å². The zero-order chi connectivity index (χ0) is 20.1. The molecule has 0 saturated carbocycles. The Bertz CT molecular complexity index is 862. The van der Waals surface area contributed by atoms with Crippen molar-refractivity contribution in [2.24, 2.45) is 0 Å². The van der Waals surface area contributed by atoms with Gasteiger partial charge in [0.1, 0.15) is 13.2 Å². The quantitative estimate of drug-likeness (QED) is 0.750. The summed E-state index contributed by atoms with van der Waals surface area (Å²) in [5, 5.41) is 3.05. The topological polar surface area (TPSA) is 66.0 Å². The highest BCUT2D eigenvalue weighted by Crippen LogP contribution is 2.38. The van der Waals surface area contributed by atoms with E-state index in [1.165, 1.54) is 25.3 Å². The monoisotopic (exact) mass is 413 g/mol. The SMILES string of the molecule is COc1ccc(CCNC(=O)c2cc(Cl)c3c(c2)OCCO3)cc1OC(F)F. The second kappa shape index (κ2) is 8.97. The molecule has 1 aliphatic rings. The predicted molar refractivity (Wildman–Crippen MR) is 98.1 cm³/mol. The lowest BCUT2D eigenvalue weighted by Gasteiger charge is -2.20. The van der Waals surface area contributed by atoms with E-state index in [0.29, 0.717) is 47.3 Å². The molecule has 0 radical (unpaired) electrons. The average Bonchev–Trinajstić information content (AvgIpc) is 2.67. The fourth-order valence-corrected chi connectivity index (χ4v) is 2.99. The zero-order valence-electron chi connectivity index (χ0n) is 15.0. The number of hydrogen-bond acceptors (Lipinski definition) is 5. The third-order valence-electron chi connectivity index (χ3n) is 4.00. The van der Waals surface area contributed by atoms with E-state index in [4.69, 9.17) is 25.8 Å². The summed E-state index contributed by atoms with van der Waals surface area (Å²) >= 11 is 6.14. The van der Waals surface area contributed by atoms with E-state index in [-0.39, 0.29) is 24.0 Å². The highest BCUT2D eigenvalue weighted by atomic mass is 35.5. The van der Waals surface area contributed by atoms with Crippen LogP contribution in [0.25, 0.3) is 0 Å². The van der Waals surface area contributed by atoms with E-state index >= 15 is 0 Å². The Kier molecular flexibility index (Phi) is 6.41. The molecule has 2 aromatic rings. The summed E-state index contributed by atoms with van der Waals surface area (Å²) < 4.78 is 45.3. The van der Waals surface area contributed by atoms with Crippen molar-refractivity contribution in [1.29, 1.82) is 0 Å². The standard InChI is InChI=1S/C19H18ClF2NO5/c1-25-14-3-2-11(8-15(14)28-19(21)22)4-5-23-18(24)12-9-13(20)17-16(10-12)26-6-7-27-17/h2-3,8-10,19H,4-7H2,1H3,(H,23,24). The van der Waals surface area contributed by atoms with E-state index in [2.05, 4.69) is 10.1 Å². The molecular formula is C19H18ClF2NO5. The van der Waals surface area contributed by atoms with Crippen LogP contribution in [-0.4, -0.2) is 39.4 Å². The van der Waals surface area contributed by atoms with Gasteiger partial charge in [0.2, 0.25) is 0 Å². The molecule has 28 heavy (non-hydrogen) atoms. The minimum absolute atomic E-state index is 0.0556. The van der Waals surface area contributed by atoms with Gasteiger partial charge in [0.15, 0.2) is 23.0 Å². The highest BCUT2D eigenvalue weighted by molar-refractivity contribution is 6.32. The first-order valence-corrected chi connectivity index (χ1v) is 8.85. The summed E-state index contributed by atoms with van der Waals surface area (Å²) in [6, 6.07) is 7.78. The van der Waals surface area contributed by atoms with Gasteiger partial charge in [-0.2, -0.15) is 8.78 Å². The van der Waals surface area contributed by atoms with Crippen LogP contribution in [-0.2, 0) is 6.42 Å². The molecule has 0 saturated heterocycles. The van der Waals surface area contributed by atoms with Gasteiger partial charge < -0.3 is 24.3 Å². The van der Waals surface area contributed by atoms with Crippen molar-refractivity contribution in [3.8, 4) is 23.0 Å². The number of amides is 1. The maximum absolute atomic E-state index is 12.5. The number of carbonyl (C=O) groups is 1. The molecule has 1 aliphatic heterocycles. The predicted octanol–water partition coefficient (Wildman–Crippen LogP) is 3.69. The van der Waals surface area contributed by atoms with Crippen LogP contribution in [0.2, 0.25) is 5.02 Å².